The zero-order chi connectivity index (χ0) is 20.5. The molecule has 1 aliphatic rings. The van der Waals surface area contributed by atoms with Gasteiger partial charge in [-0.15, -0.1) is 0 Å². The lowest BCUT2D eigenvalue weighted by Gasteiger charge is -2.42. The van der Waals surface area contributed by atoms with Crippen molar-refractivity contribution in [2.24, 2.45) is 5.92 Å². The van der Waals surface area contributed by atoms with Crippen LogP contribution in [0.5, 0.6) is 5.75 Å². The molecule has 3 N–H and O–H groups in total. The predicted molar refractivity (Wildman–Crippen MR) is 99.1 cm³/mol. The molecule has 1 fully saturated rings. The normalized spacial score (nSPS) is 22.6. The molecule has 28 heavy (non-hydrogen) atoms. The second kappa shape index (κ2) is 7.37. The highest BCUT2D eigenvalue weighted by molar-refractivity contribution is 5.89. The fraction of sp³-hybridized carbons (Fsp3) is 0.381. The van der Waals surface area contributed by atoms with Crippen LogP contribution in [-0.4, -0.2) is 24.4 Å². The van der Waals surface area contributed by atoms with Crippen LogP contribution in [-0.2, 0) is 10.2 Å². The van der Waals surface area contributed by atoms with E-state index in [9.17, 15) is 23.1 Å². The summed E-state index contributed by atoms with van der Waals surface area (Å²) in [5.74, 6) is -1.87. The van der Waals surface area contributed by atoms with Crippen LogP contribution in [0.3, 0.4) is 0 Å². The van der Waals surface area contributed by atoms with Gasteiger partial charge in [0.1, 0.15) is 5.75 Å². The molecule has 2 aromatic rings. The molecule has 0 aliphatic heterocycles. The Labute approximate surface area is 161 Å². The summed E-state index contributed by atoms with van der Waals surface area (Å²) in [5, 5.41) is 9.74. The molecule has 0 unspecified atom stereocenters. The molecule has 7 heteroatoms. The molecule has 0 aromatic heterocycles. The summed E-state index contributed by atoms with van der Waals surface area (Å²) in [5.41, 5.74) is 7.31. The average molecular weight is 393 g/mol. The zero-order valence-corrected chi connectivity index (χ0v) is 15.4. The van der Waals surface area contributed by atoms with Crippen molar-refractivity contribution >= 4 is 11.7 Å². The van der Waals surface area contributed by atoms with E-state index in [4.69, 9.17) is 10.5 Å². The van der Waals surface area contributed by atoms with Gasteiger partial charge in [-0.2, -0.15) is 13.2 Å². The molecule has 3 rings (SSSR count). The standard InChI is InChI=1S/C21H22F3NO3/c1-28-19(27)13-2-4-14(5-3-13)20(16-6-7-18(26)17(25)12-16)10-8-15(9-11-20)21(22,23)24/h2-7,12,15,26H,8-11,25H2,1H3. The van der Waals surface area contributed by atoms with Crippen LogP contribution in [0.1, 0.15) is 47.2 Å². The Morgan fingerprint density at radius 3 is 2.18 bits per heavy atom. The summed E-state index contributed by atoms with van der Waals surface area (Å²) in [4.78, 5) is 11.7. The number of halogens is 3. The third-order valence-corrected chi connectivity index (χ3v) is 5.74. The zero-order valence-electron chi connectivity index (χ0n) is 15.4. The summed E-state index contributed by atoms with van der Waals surface area (Å²) in [6, 6.07) is 11.5. The summed E-state index contributed by atoms with van der Waals surface area (Å²) < 4.78 is 44.3. The van der Waals surface area contributed by atoms with E-state index in [0.29, 0.717) is 18.4 Å². The first-order valence-electron chi connectivity index (χ1n) is 9.02. The van der Waals surface area contributed by atoms with Crippen molar-refractivity contribution in [3.8, 4) is 5.75 Å². The first-order valence-corrected chi connectivity index (χ1v) is 9.02. The molecule has 1 aliphatic carbocycles. The number of ether oxygens (including phenoxy) is 1. The van der Waals surface area contributed by atoms with Crippen LogP contribution in [0.4, 0.5) is 18.9 Å². The number of phenolic OH excluding ortho intramolecular Hbond substituents is 1. The molecule has 4 nitrogen and oxygen atoms in total. The van der Waals surface area contributed by atoms with Crippen molar-refractivity contribution < 1.29 is 27.8 Å². The number of esters is 1. The third-order valence-electron chi connectivity index (χ3n) is 5.74. The minimum Gasteiger partial charge on any atom is -0.506 e. The van der Waals surface area contributed by atoms with E-state index >= 15 is 0 Å². The first-order chi connectivity index (χ1) is 13.2. The molecule has 0 spiro atoms. The van der Waals surface area contributed by atoms with Gasteiger partial charge in [-0.25, -0.2) is 4.79 Å². The fourth-order valence-electron chi connectivity index (χ4n) is 4.08. The van der Waals surface area contributed by atoms with E-state index in [1.54, 1.807) is 36.4 Å². The van der Waals surface area contributed by atoms with Gasteiger partial charge in [-0.1, -0.05) is 18.2 Å². The first kappa shape index (κ1) is 20.0. The lowest BCUT2D eigenvalue weighted by Crippen LogP contribution is -2.37. The van der Waals surface area contributed by atoms with Crippen LogP contribution in [0.15, 0.2) is 42.5 Å². The molecule has 0 saturated heterocycles. The fourth-order valence-corrected chi connectivity index (χ4v) is 4.08. The molecule has 1 saturated carbocycles. The Hall–Kier alpha value is -2.70. The van der Waals surface area contributed by atoms with Crippen LogP contribution in [0.2, 0.25) is 0 Å². The summed E-state index contributed by atoms with van der Waals surface area (Å²) in [7, 11) is 1.29. The molecule has 150 valence electrons. The number of hydrogen-bond acceptors (Lipinski definition) is 4. The largest absolute Gasteiger partial charge is 0.506 e. The number of alkyl halides is 3. The van der Waals surface area contributed by atoms with Gasteiger partial charge in [-0.05, 0) is 61.1 Å². The van der Waals surface area contributed by atoms with Gasteiger partial charge < -0.3 is 15.6 Å². The van der Waals surface area contributed by atoms with Crippen molar-refractivity contribution in [3.05, 3.63) is 59.2 Å². The number of nitrogens with two attached hydrogens (primary N) is 1. The van der Waals surface area contributed by atoms with E-state index in [1.807, 2.05) is 0 Å². The van der Waals surface area contributed by atoms with Crippen LogP contribution in [0, 0.1) is 5.92 Å². The Kier molecular flexibility index (Phi) is 5.28. The molecular formula is C21H22F3NO3. The highest BCUT2D eigenvalue weighted by atomic mass is 19.4. The van der Waals surface area contributed by atoms with E-state index < -0.39 is 23.5 Å². The number of aromatic hydroxyl groups is 1. The molecule has 0 heterocycles. The van der Waals surface area contributed by atoms with E-state index in [0.717, 1.165) is 11.1 Å². The van der Waals surface area contributed by atoms with Gasteiger partial charge in [-0.3, -0.25) is 0 Å². The SMILES string of the molecule is COC(=O)c1ccc(C2(c3ccc(O)c(N)c3)CCC(C(F)(F)F)CC2)cc1. The molecule has 2 aromatic carbocycles. The smallest absolute Gasteiger partial charge is 0.391 e. The Balaban J connectivity index is 2.03. The van der Waals surface area contributed by atoms with Gasteiger partial charge in [0, 0.05) is 5.41 Å². The van der Waals surface area contributed by atoms with E-state index in [-0.39, 0.29) is 24.3 Å². The molecule has 0 atom stereocenters. The number of benzene rings is 2. The maximum atomic E-state index is 13.2. The van der Waals surface area contributed by atoms with Crippen LogP contribution >= 0.6 is 0 Å². The van der Waals surface area contributed by atoms with E-state index in [2.05, 4.69) is 0 Å². The second-order valence-corrected chi connectivity index (χ2v) is 7.24. The topological polar surface area (TPSA) is 72.5 Å². The van der Waals surface area contributed by atoms with Crippen LogP contribution in [0.25, 0.3) is 0 Å². The second-order valence-electron chi connectivity index (χ2n) is 7.24. The van der Waals surface area contributed by atoms with Gasteiger partial charge in [0.05, 0.1) is 24.3 Å². The number of rotatable bonds is 3. The molecule has 0 bridgehead atoms. The molecule has 0 amide bonds. The molecule has 0 radical (unpaired) electrons. The quantitative estimate of drug-likeness (QED) is 0.446. The molecular weight excluding hydrogens is 371 g/mol. The van der Waals surface area contributed by atoms with Gasteiger partial charge in [0.25, 0.3) is 0 Å². The predicted octanol–water partition coefficient (Wildman–Crippen LogP) is 4.80. The Morgan fingerprint density at radius 1 is 1.11 bits per heavy atom. The lowest BCUT2D eigenvalue weighted by atomic mass is 9.63. The number of anilines is 1. The Bertz CT molecular complexity index is 854. The van der Waals surface area contributed by atoms with E-state index in [1.165, 1.54) is 13.2 Å². The minimum atomic E-state index is -4.21. The number of methoxy groups -OCH3 is 1. The highest BCUT2D eigenvalue weighted by Crippen LogP contribution is 2.50. The Morgan fingerprint density at radius 2 is 1.68 bits per heavy atom. The third kappa shape index (κ3) is 3.66. The number of phenols is 1. The summed E-state index contributed by atoms with van der Waals surface area (Å²) in [6.07, 6.45) is -3.63. The number of carbonyl (C=O) groups is 1. The van der Waals surface area contributed by atoms with Gasteiger partial charge in [0.2, 0.25) is 0 Å². The number of nitrogen functional groups attached to an aromatic ring is 1. The maximum Gasteiger partial charge on any atom is 0.391 e. The van der Waals surface area contributed by atoms with Crippen molar-refractivity contribution in [1.82, 2.24) is 0 Å². The van der Waals surface area contributed by atoms with Crippen molar-refractivity contribution in [2.75, 3.05) is 12.8 Å². The summed E-state index contributed by atoms with van der Waals surface area (Å²) in [6.45, 7) is 0. The highest BCUT2D eigenvalue weighted by Gasteiger charge is 2.47. The van der Waals surface area contributed by atoms with Crippen LogP contribution < -0.4 is 5.73 Å². The minimum absolute atomic E-state index is 0.00301. The average Bonchev–Trinajstić information content (AvgIpc) is 2.69. The monoisotopic (exact) mass is 393 g/mol. The lowest BCUT2D eigenvalue weighted by molar-refractivity contribution is -0.184. The summed E-state index contributed by atoms with van der Waals surface area (Å²) >= 11 is 0. The van der Waals surface area contributed by atoms with Crippen molar-refractivity contribution in [1.29, 1.82) is 0 Å². The number of carbonyl (C=O) groups excluding carboxylic acids is 1. The van der Waals surface area contributed by atoms with Crippen molar-refractivity contribution in [2.45, 2.75) is 37.3 Å². The maximum absolute atomic E-state index is 13.2. The van der Waals surface area contributed by atoms with Gasteiger partial charge >= 0.3 is 12.1 Å². The number of hydrogen-bond donors (Lipinski definition) is 2. The van der Waals surface area contributed by atoms with Gasteiger partial charge in [0.15, 0.2) is 0 Å². The van der Waals surface area contributed by atoms with Crippen molar-refractivity contribution in [3.63, 3.8) is 0 Å².